The van der Waals surface area contributed by atoms with Gasteiger partial charge in [0.05, 0.1) is 12.5 Å². The van der Waals surface area contributed by atoms with Crippen molar-refractivity contribution in [1.29, 1.82) is 0 Å². The van der Waals surface area contributed by atoms with Gasteiger partial charge in [0.15, 0.2) is 0 Å². The number of methoxy groups -OCH3 is 1. The zero-order chi connectivity index (χ0) is 12.9. The summed E-state index contributed by atoms with van der Waals surface area (Å²) in [5.74, 6) is 0.101. The number of ether oxygens (including phenoxy) is 1. The quantitative estimate of drug-likeness (QED) is 0.754. The number of Topliss-reactive ketones (excluding diaryl/α,β-unsaturated/α-hetero) is 1. The van der Waals surface area contributed by atoms with Gasteiger partial charge >= 0.3 is 0 Å². The molecule has 1 rings (SSSR count). The average Bonchev–Trinajstić information content (AvgIpc) is 2.36. The van der Waals surface area contributed by atoms with E-state index in [1.165, 1.54) is 0 Å². The van der Waals surface area contributed by atoms with E-state index in [1.54, 1.807) is 7.11 Å². The van der Waals surface area contributed by atoms with E-state index in [0.717, 1.165) is 12.0 Å². The molecule has 0 aliphatic heterocycles. The molecular formula is C15H22O2. The van der Waals surface area contributed by atoms with Gasteiger partial charge in [-0.05, 0) is 12.0 Å². The molecule has 0 aliphatic rings. The van der Waals surface area contributed by atoms with Crippen molar-refractivity contribution in [2.45, 2.75) is 33.1 Å². The topological polar surface area (TPSA) is 26.3 Å². The number of hydrogen-bond donors (Lipinski definition) is 0. The van der Waals surface area contributed by atoms with Crippen LogP contribution in [0.15, 0.2) is 30.3 Å². The number of benzene rings is 1. The monoisotopic (exact) mass is 234 g/mol. The third kappa shape index (κ3) is 3.40. The summed E-state index contributed by atoms with van der Waals surface area (Å²) in [6, 6.07) is 9.87. The largest absolute Gasteiger partial charge is 0.384 e. The number of rotatable bonds is 6. The molecule has 0 aliphatic carbocycles. The third-order valence-corrected chi connectivity index (χ3v) is 3.40. The molecule has 17 heavy (non-hydrogen) atoms. The molecule has 0 saturated carbocycles. The van der Waals surface area contributed by atoms with E-state index in [4.69, 9.17) is 4.74 Å². The minimum Gasteiger partial charge on any atom is -0.384 e. The fraction of sp³-hybridized carbons (Fsp3) is 0.533. The van der Waals surface area contributed by atoms with Gasteiger partial charge in [-0.3, -0.25) is 4.79 Å². The molecule has 1 aromatic rings. The van der Waals surface area contributed by atoms with Crippen LogP contribution in [0.25, 0.3) is 0 Å². The van der Waals surface area contributed by atoms with Crippen molar-refractivity contribution in [2.75, 3.05) is 13.7 Å². The maximum absolute atomic E-state index is 12.5. The molecule has 0 aromatic heterocycles. The summed E-state index contributed by atoms with van der Waals surface area (Å²) in [6.07, 6.45) is 0.846. The Morgan fingerprint density at radius 3 is 2.35 bits per heavy atom. The second kappa shape index (κ2) is 5.97. The van der Waals surface area contributed by atoms with Gasteiger partial charge in [0.25, 0.3) is 0 Å². The van der Waals surface area contributed by atoms with Gasteiger partial charge in [0, 0.05) is 12.5 Å². The van der Waals surface area contributed by atoms with Crippen LogP contribution in [0.4, 0.5) is 0 Å². The van der Waals surface area contributed by atoms with E-state index in [9.17, 15) is 4.79 Å². The number of carbonyl (C=O) groups is 1. The maximum Gasteiger partial charge on any atom is 0.148 e. The Morgan fingerprint density at radius 1 is 1.29 bits per heavy atom. The standard InChI is InChI=1S/C15H22O2/c1-5-15(2,3)14(16)13(11-17-4)12-9-7-6-8-10-12/h6-10,13H,5,11H2,1-4H3. The van der Waals surface area contributed by atoms with E-state index in [1.807, 2.05) is 51.1 Å². The van der Waals surface area contributed by atoms with E-state index >= 15 is 0 Å². The average molecular weight is 234 g/mol. The molecule has 0 heterocycles. The summed E-state index contributed by atoms with van der Waals surface area (Å²) in [4.78, 5) is 12.5. The van der Waals surface area contributed by atoms with Crippen LogP contribution in [0.5, 0.6) is 0 Å². The molecular weight excluding hydrogens is 212 g/mol. The Bertz CT molecular complexity index is 354. The minimum atomic E-state index is -0.293. The summed E-state index contributed by atoms with van der Waals surface area (Å²) in [6.45, 7) is 6.50. The third-order valence-electron chi connectivity index (χ3n) is 3.40. The predicted octanol–water partition coefficient (Wildman–Crippen LogP) is 3.42. The Kier molecular flexibility index (Phi) is 4.88. The fourth-order valence-corrected chi connectivity index (χ4v) is 1.82. The van der Waals surface area contributed by atoms with Gasteiger partial charge in [-0.2, -0.15) is 0 Å². The van der Waals surface area contributed by atoms with Crippen LogP contribution >= 0.6 is 0 Å². The zero-order valence-corrected chi connectivity index (χ0v) is 11.2. The molecule has 0 saturated heterocycles. The van der Waals surface area contributed by atoms with Crippen LogP contribution in [0.1, 0.15) is 38.7 Å². The molecule has 0 radical (unpaired) electrons. The van der Waals surface area contributed by atoms with E-state index in [0.29, 0.717) is 6.61 Å². The number of hydrogen-bond acceptors (Lipinski definition) is 2. The van der Waals surface area contributed by atoms with Gasteiger partial charge in [0.1, 0.15) is 5.78 Å². The summed E-state index contributed by atoms with van der Waals surface area (Å²) in [5, 5.41) is 0. The maximum atomic E-state index is 12.5. The van der Waals surface area contributed by atoms with Gasteiger partial charge in [-0.1, -0.05) is 51.1 Å². The first-order chi connectivity index (χ1) is 8.03. The highest BCUT2D eigenvalue weighted by atomic mass is 16.5. The van der Waals surface area contributed by atoms with E-state index in [2.05, 4.69) is 0 Å². The molecule has 0 N–H and O–H groups in total. The smallest absolute Gasteiger partial charge is 0.148 e. The van der Waals surface area contributed by atoms with Crippen molar-refractivity contribution in [3.05, 3.63) is 35.9 Å². The summed E-state index contributed by atoms with van der Waals surface area (Å²) < 4.78 is 5.20. The lowest BCUT2D eigenvalue weighted by Gasteiger charge is -2.27. The number of ketones is 1. The SMILES string of the molecule is CCC(C)(C)C(=O)C(COC)c1ccccc1. The van der Waals surface area contributed by atoms with Crippen molar-refractivity contribution >= 4 is 5.78 Å². The van der Waals surface area contributed by atoms with Crippen LogP contribution in [-0.2, 0) is 9.53 Å². The minimum absolute atomic E-state index is 0.156. The lowest BCUT2D eigenvalue weighted by atomic mass is 9.77. The first-order valence-electron chi connectivity index (χ1n) is 6.11. The van der Waals surface area contributed by atoms with Crippen molar-refractivity contribution in [3.8, 4) is 0 Å². The predicted molar refractivity (Wildman–Crippen MR) is 70.1 cm³/mol. The van der Waals surface area contributed by atoms with Crippen LogP contribution in [0.2, 0.25) is 0 Å². The van der Waals surface area contributed by atoms with Crippen LogP contribution in [0, 0.1) is 5.41 Å². The van der Waals surface area contributed by atoms with E-state index < -0.39 is 0 Å². The Morgan fingerprint density at radius 2 is 1.88 bits per heavy atom. The normalized spacial score (nSPS) is 13.4. The number of carbonyl (C=O) groups excluding carboxylic acids is 1. The molecule has 0 amide bonds. The van der Waals surface area contributed by atoms with E-state index in [-0.39, 0.29) is 17.1 Å². The highest BCUT2D eigenvalue weighted by Crippen LogP contribution is 2.30. The highest BCUT2D eigenvalue weighted by molar-refractivity contribution is 5.90. The van der Waals surface area contributed by atoms with Gasteiger partial charge < -0.3 is 4.74 Å². The van der Waals surface area contributed by atoms with Crippen molar-refractivity contribution in [2.24, 2.45) is 5.41 Å². The Hall–Kier alpha value is -1.15. The molecule has 2 heteroatoms. The molecule has 94 valence electrons. The second-order valence-corrected chi connectivity index (χ2v) is 5.02. The first-order valence-corrected chi connectivity index (χ1v) is 6.11. The van der Waals surface area contributed by atoms with Crippen LogP contribution in [0.3, 0.4) is 0 Å². The molecule has 0 spiro atoms. The van der Waals surface area contributed by atoms with Gasteiger partial charge in [-0.15, -0.1) is 0 Å². The Balaban J connectivity index is 2.98. The Labute approximate surface area is 104 Å². The lowest BCUT2D eigenvalue weighted by molar-refractivity contribution is -0.130. The molecule has 2 nitrogen and oxygen atoms in total. The summed E-state index contributed by atoms with van der Waals surface area (Å²) in [5.41, 5.74) is 0.750. The van der Waals surface area contributed by atoms with Crippen molar-refractivity contribution in [1.82, 2.24) is 0 Å². The zero-order valence-electron chi connectivity index (χ0n) is 11.2. The molecule has 0 bridgehead atoms. The fourth-order valence-electron chi connectivity index (χ4n) is 1.82. The second-order valence-electron chi connectivity index (χ2n) is 5.02. The summed E-state index contributed by atoms with van der Waals surface area (Å²) in [7, 11) is 1.64. The highest BCUT2D eigenvalue weighted by Gasteiger charge is 2.32. The van der Waals surface area contributed by atoms with Crippen LogP contribution in [-0.4, -0.2) is 19.5 Å². The van der Waals surface area contributed by atoms with Crippen molar-refractivity contribution < 1.29 is 9.53 Å². The molecule has 1 unspecified atom stereocenters. The van der Waals surface area contributed by atoms with Crippen LogP contribution < -0.4 is 0 Å². The molecule has 0 fully saturated rings. The molecule has 1 aromatic carbocycles. The first kappa shape index (κ1) is 13.9. The molecule has 1 atom stereocenters. The lowest BCUT2D eigenvalue weighted by Crippen LogP contribution is -2.31. The van der Waals surface area contributed by atoms with Crippen molar-refractivity contribution in [3.63, 3.8) is 0 Å². The van der Waals surface area contributed by atoms with Gasteiger partial charge in [0.2, 0.25) is 0 Å². The van der Waals surface area contributed by atoms with Gasteiger partial charge in [-0.25, -0.2) is 0 Å². The summed E-state index contributed by atoms with van der Waals surface area (Å²) >= 11 is 0.